The van der Waals surface area contributed by atoms with E-state index in [2.05, 4.69) is 4.74 Å². The van der Waals surface area contributed by atoms with Crippen molar-refractivity contribution in [2.24, 2.45) is 0 Å². The molecule has 0 atom stereocenters. The third-order valence-corrected chi connectivity index (χ3v) is 1.85. The largest absolute Gasteiger partial charge is 0.465 e. The van der Waals surface area contributed by atoms with Crippen LogP contribution in [0.4, 0.5) is 0 Å². The van der Waals surface area contributed by atoms with Gasteiger partial charge in [-0.1, -0.05) is 12.1 Å². The van der Waals surface area contributed by atoms with E-state index < -0.39 is 11.2 Å². The smallest absolute Gasteiger partial charge is 0.337 e. The average molecular weight is 213 g/mol. The Bertz CT molecular complexity index is 343. The average Bonchev–Trinajstić information content (AvgIpc) is 2.17. The Balaban J connectivity index is 2.78. The van der Waals surface area contributed by atoms with Crippen molar-refractivity contribution in [2.45, 2.75) is 6.42 Å². The van der Waals surface area contributed by atoms with Crippen molar-refractivity contribution in [3.63, 3.8) is 0 Å². The monoisotopic (exact) mass is 212 g/mol. The first-order valence-electron chi connectivity index (χ1n) is 3.99. The highest BCUT2D eigenvalue weighted by Gasteiger charge is 2.05. The Morgan fingerprint density at radius 3 is 2.29 bits per heavy atom. The molecule has 1 aromatic carbocycles. The van der Waals surface area contributed by atoms with Crippen molar-refractivity contribution in [3.8, 4) is 0 Å². The zero-order valence-electron chi connectivity index (χ0n) is 7.62. The summed E-state index contributed by atoms with van der Waals surface area (Å²) in [6, 6.07) is 6.54. The van der Waals surface area contributed by atoms with Gasteiger partial charge in [-0.05, 0) is 29.3 Å². The molecule has 3 nitrogen and oxygen atoms in total. The van der Waals surface area contributed by atoms with Gasteiger partial charge in [0.25, 0.3) is 0 Å². The lowest BCUT2D eigenvalue weighted by Crippen LogP contribution is -2.01. The minimum Gasteiger partial charge on any atom is -0.465 e. The molecule has 14 heavy (non-hydrogen) atoms. The third kappa shape index (κ3) is 2.85. The topological polar surface area (TPSA) is 43.4 Å². The summed E-state index contributed by atoms with van der Waals surface area (Å²) in [7, 11) is 1.32. The molecule has 0 saturated carbocycles. The predicted molar refractivity (Wildman–Crippen MR) is 52.3 cm³/mol. The van der Waals surface area contributed by atoms with Crippen molar-refractivity contribution in [1.29, 1.82) is 0 Å². The summed E-state index contributed by atoms with van der Waals surface area (Å²) in [5.74, 6) is -0.395. The van der Waals surface area contributed by atoms with Gasteiger partial charge >= 0.3 is 5.97 Å². The third-order valence-electron chi connectivity index (χ3n) is 1.72. The summed E-state index contributed by atoms with van der Waals surface area (Å²) in [6.45, 7) is 0. The molecular formula is C10H9ClO3. The van der Waals surface area contributed by atoms with Crippen molar-refractivity contribution in [1.82, 2.24) is 0 Å². The van der Waals surface area contributed by atoms with Gasteiger partial charge in [0.2, 0.25) is 5.24 Å². The van der Waals surface area contributed by atoms with Gasteiger partial charge in [0.05, 0.1) is 12.7 Å². The zero-order chi connectivity index (χ0) is 10.6. The van der Waals surface area contributed by atoms with Gasteiger partial charge in [0.15, 0.2) is 0 Å². The van der Waals surface area contributed by atoms with E-state index in [4.69, 9.17) is 11.6 Å². The molecule has 0 bridgehead atoms. The molecule has 4 heteroatoms. The van der Waals surface area contributed by atoms with Gasteiger partial charge in [0.1, 0.15) is 0 Å². The van der Waals surface area contributed by atoms with Crippen LogP contribution in [0.3, 0.4) is 0 Å². The molecule has 0 amide bonds. The second kappa shape index (κ2) is 4.77. The first-order chi connectivity index (χ1) is 6.63. The van der Waals surface area contributed by atoms with Crippen LogP contribution in [0.2, 0.25) is 0 Å². The van der Waals surface area contributed by atoms with Gasteiger partial charge in [-0.3, -0.25) is 4.79 Å². The molecule has 0 N–H and O–H groups in total. The number of methoxy groups -OCH3 is 1. The first-order valence-corrected chi connectivity index (χ1v) is 4.37. The minimum absolute atomic E-state index is 0.170. The standard InChI is InChI=1S/C10H9ClO3/c1-14-10(13)8-4-2-7(3-5-8)6-9(11)12/h2-5H,6H2,1H3. The number of hydrogen-bond acceptors (Lipinski definition) is 3. The molecule has 0 unspecified atom stereocenters. The van der Waals surface area contributed by atoms with Crippen molar-refractivity contribution >= 4 is 22.8 Å². The summed E-state index contributed by atoms with van der Waals surface area (Å²) in [4.78, 5) is 21.6. The zero-order valence-corrected chi connectivity index (χ0v) is 8.38. The highest BCUT2D eigenvalue weighted by Crippen LogP contribution is 2.07. The highest BCUT2D eigenvalue weighted by atomic mass is 35.5. The summed E-state index contributed by atoms with van der Waals surface area (Å²) < 4.78 is 4.53. The van der Waals surface area contributed by atoms with Crippen LogP contribution in [0.25, 0.3) is 0 Å². The molecule has 1 rings (SSSR count). The highest BCUT2D eigenvalue weighted by molar-refractivity contribution is 6.63. The van der Waals surface area contributed by atoms with E-state index in [0.717, 1.165) is 5.56 Å². The molecule has 0 heterocycles. The first kappa shape index (κ1) is 10.7. The second-order valence-corrected chi connectivity index (χ2v) is 3.14. The van der Waals surface area contributed by atoms with Crippen LogP contribution in [0.5, 0.6) is 0 Å². The Hall–Kier alpha value is -1.35. The van der Waals surface area contributed by atoms with E-state index in [1.54, 1.807) is 24.3 Å². The maximum Gasteiger partial charge on any atom is 0.337 e. The van der Waals surface area contributed by atoms with E-state index in [1.807, 2.05) is 0 Å². The van der Waals surface area contributed by atoms with Gasteiger partial charge in [-0.25, -0.2) is 4.79 Å². The summed E-state index contributed by atoms with van der Waals surface area (Å²) in [5, 5.41) is -0.421. The van der Waals surface area contributed by atoms with Crippen molar-refractivity contribution in [2.75, 3.05) is 7.11 Å². The number of hydrogen-bond donors (Lipinski definition) is 0. The lowest BCUT2D eigenvalue weighted by molar-refractivity contribution is -0.111. The molecule has 0 aromatic heterocycles. The lowest BCUT2D eigenvalue weighted by Gasteiger charge is -2.00. The summed E-state index contributed by atoms with van der Waals surface area (Å²) in [5.41, 5.74) is 1.23. The molecule has 0 aliphatic rings. The molecule has 74 valence electrons. The SMILES string of the molecule is COC(=O)c1ccc(CC(=O)Cl)cc1. The molecule has 0 saturated heterocycles. The number of carbonyl (C=O) groups is 2. The number of esters is 1. The van der Waals surface area contributed by atoms with Crippen LogP contribution in [-0.2, 0) is 16.0 Å². The normalized spacial score (nSPS) is 9.57. The summed E-state index contributed by atoms with van der Waals surface area (Å²) in [6.07, 6.45) is 0.170. The van der Waals surface area contributed by atoms with E-state index in [-0.39, 0.29) is 6.42 Å². The Kier molecular flexibility index (Phi) is 3.65. The van der Waals surface area contributed by atoms with Crippen LogP contribution in [0, 0.1) is 0 Å². The summed E-state index contributed by atoms with van der Waals surface area (Å²) >= 11 is 5.21. The number of benzene rings is 1. The molecule has 0 radical (unpaired) electrons. The van der Waals surface area contributed by atoms with Crippen LogP contribution in [-0.4, -0.2) is 18.3 Å². The Morgan fingerprint density at radius 2 is 1.86 bits per heavy atom. The van der Waals surface area contributed by atoms with Gasteiger partial charge in [-0.2, -0.15) is 0 Å². The molecule has 0 aliphatic carbocycles. The fraction of sp³-hybridized carbons (Fsp3) is 0.200. The maximum absolute atomic E-state index is 11.0. The maximum atomic E-state index is 11.0. The van der Waals surface area contributed by atoms with Crippen LogP contribution in [0.15, 0.2) is 24.3 Å². The van der Waals surface area contributed by atoms with Crippen LogP contribution in [0.1, 0.15) is 15.9 Å². The van der Waals surface area contributed by atoms with Crippen LogP contribution >= 0.6 is 11.6 Å². The van der Waals surface area contributed by atoms with E-state index >= 15 is 0 Å². The Morgan fingerprint density at radius 1 is 1.29 bits per heavy atom. The van der Waals surface area contributed by atoms with Gasteiger partial charge in [0, 0.05) is 6.42 Å². The fourth-order valence-electron chi connectivity index (χ4n) is 1.04. The predicted octanol–water partition coefficient (Wildman–Crippen LogP) is 1.78. The molecule has 1 aromatic rings. The van der Waals surface area contributed by atoms with Gasteiger partial charge < -0.3 is 4.74 Å². The van der Waals surface area contributed by atoms with Crippen molar-refractivity contribution in [3.05, 3.63) is 35.4 Å². The van der Waals surface area contributed by atoms with Gasteiger partial charge in [-0.15, -0.1) is 0 Å². The Labute approximate surface area is 86.6 Å². The number of rotatable bonds is 3. The van der Waals surface area contributed by atoms with Crippen molar-refractivity contribution < 1.29 is 14.3 Å². The lowest BCUT2D eigenvalue weighted by atomic mass is 10.1. The second-order valence-electron chi connectivity index (χ2n) is 2.72. The molecule has 0 spiro atoms. The molecular weight excluding hydrogens is 204 g/mol. The number of carbonyl (C=O) groups excluding carboxylic acids is 2. The quantitative estimate of drug-likeness (QED) is 0.567. The van der Waals surface area contributed by atoms with E-state index in [0.29, 0.717) is 5.56 Å². The van der Waals surface area contributed by atoms with Crippen LogP contribution < -0.4 is 0 Å². The molecule has 0 aliphatic heterocycles. The number of halogens is 1. The molecule has 0 fully saturated rings. The number of ether oxygens (including phenoxy) is 1. The fourth-order valence-corrected chi connectivity index (χ4v) is 1.19. The minimum atomic E-state index is -0.421. The van der Waals surface area contributed by atoms with E-state index in [1.165, 1.54) is 7.11 Å². The van der Waals surface area contributed by atoms with E-state index in [9.17, 15) is 9.59 Å².